The van der Waals surface area contributed by atoms with Crippen LogP contribution in [0.5, 0.6) is 0 Å². The molecule has 7 nitrogen and oxygen atoms in total. The maximum Gasteiger partial charge on any atom is 0.179 e. The van der Waals surface area contributed by atoms with Crippen molar-refractivity contribution in [2.45, 2.75) is 95.6 Å². The van der Waals surface area contributed by atoms with E-state index in [1.165, 1.54) is 18.4 Å². The fraction of sp³-hybridized carbons (Fsp3) is 0.525. The molecule has 2 atom stereocenters. The molecule has 0 fully saturated rings. The number of benzene rings is 3. The minimum absolute atomic E-state index is 0. The third-order valence-electron chi connectivity index (χ3n) is 10.1. The second-order valence-electron chi connectivity index (χ2n) is 14.9. The maximum absolute atomic E-state index is 14.2. The van der Waals surface area contributed by atoms with Crippen molar-refractivity contribution in [3.8, 4) is 0 Å². The minimum Gasteiger partial charge on any atom is -1.00 e. The van der Waals surface area contributed by atoms with Crippen molar-refractivity contribution in [2.24, 2.45) is 5.41 Å². The predicted octanol–water partition coefficient (Wildman–Crippen LogP) is 5.59. The summed E-state index contributed by atoms with van der Waals surface area (Å²) in [5, 5.41) is 19.7. The van der Waals surface area contributed by atoms with Gasteiger partial charge in [0.1, 0.15) is 6.54 Å². The zero-order valence-corrected chi connectivity index (χ0v) is 34.4. The van der Waals surface area contributed by atoms with Gasteiger partial charge in [-0.3, -0.25) is 0 Å². The van der Waals surface area contributed by atoms with Gasteiger partial charge in [0, 0.05) is 48.1 Å². The SMILES string of the molecule is CCCCC1(CCCC)CS(=O)(=O)c2ccc(N(C)C)cc2C(c2cccc(NC(=S)Nc3ccc(C[N+](C)(C)CCCC)cc3)c2)C1O.[Br-]. The van der Waals surface area contributed by atoms with Gasteiger partial charge >= 0.3 is 0 Å². The number of quaternary nitrogens is 1. The first-order valence-electron chi connectivity index (χ1n) is 18.0. The van der Waals surface area contributed by atoms with E-state index in [-0.39, 0.29) is 22.7 Å². The molecular formula is C40H59BrN4O3S2. The van der Waals surface area contributed by atoms with Gasteiger partial charge in [-0.15, -0.1) is 0 Å². The van der Waals surface area contributed by atoms with Gasteiger partial charge in [0.2, 0.25) is 0 Å². The van der Waals surface area contributed by atoms with Gasteiger partial charge in [0.05, 0.1) is 37.4 Å². The average Bonchev–Trinajstić information content (AvgIpc) is 3.12. The molecule has 276 valence electrons. The Balaban J connectivity index is 0.00000676. The Bertz CT molecular complexity index is 1650. The molecule has 0 saturated carbocycles. The lowest BCUT2D eigenvalue weighted by Gasteiger charge is -2.40. The number of aliphatic hydroxyl groups excluding tert-OH is 1. The molecule has 0 bridgehead atoms. The summed E-state index contributed by atoms with van der Waals surface area (Å²) in [6.45, 7) is 8.60. The summed E-state index contributed by atoms with van der Waals surface area (Å²) >= 11 is 5.74. The number of sulfone groups is 1. The molecule has 4 rings (SSSR count). The van der Waals surface area contributed by atoms with E-state index in [9.17, 15) is 13.5 Å². The largest absolute Gasteiger partial charge is 1.00 e. The van der Waals surface area contributed by atoms with Crippen molar-refractivity contribution in [2.75, 3.05) is 56.0 Å². The number of hydrogen-bond acceptors (Lipinski definition) is 5. The fourth-order valence-electron chi connectivity index (χ4n) is 7.35. The first-order valence-corrected chi connectivity index (χ1v) is 20.1. The average molecular weight is 788 g/mol. The lowest BCUT2D eigenvalue weighted by atomic mass is 9.68. The van der Waals surface area contributed by atoms with Crippen molar-refractivity contribution in [3.63, 3.8) is 0 Å². The predicted molar refractivity (Wildman–Crippen MR) is 210 cm³/mol. The van der Waals surface area contributed by atoms with Crippen LogP contribution in [-0.2, 0) is 16.4 Å². The van der Waals surface area contributed by atoms with Gasteiger partial charge in [-0.1, -0.05) is 77.1 Å². The monoisotopic (exact) mass is 786 g/mol. The summed E-state index contributed by atoms with van der Waals surface area (Å²) in [7, 11) is 4.78. The molecule has 0 aliphatic carbocycles. The van der Waals surface area contributed by atoms with Crippen LogP contribution in [0.1, 0.15) is 94.7 Å². The molecule has 0 spiro atoms. The Kier molecular flexibility index (Phi) is 15.4. The summed E-state index contributed by atoms with van der Waals surface area (Å²) in [6, 6.07) is 21.9. The quantitative estimate of drug-likeness (QED) is 0.137. The van der Waals surface area contributed by atoms with Crippen molar-refractivity contribution < 1.29 is 35.0 Å². The first kappa shape index (κ1) is 41.9. The minimum atomic E-state index is -3.67. The molecule has 3 aromatic carbocycles. The lowest BCUT2D eigenvalue weighted by molar-refractivity contribution is -0.903. The summed E-state index contributed by atoms with van der Waals surface area (Å²) in [5.41, 5.74) is 4.62. The number of thiocarbonyl (C=S) groups is 1. The lowest BCUT2D eigenvalue weighted by Crippen LogP contribution is -3.00. The number of unbranched alkanes of at least 4 members (excludes halogenated alkanes) is 3. The molecule has 3 N–H and O–H groups in total. The highest BCUT2D eigenvalue weighted by Crippen LogP contribution is 2.50. The Morgan fingerprint density at radius 3 is 2.12 bits per heavy atom. The third kappa shape index (κ3) is 10.5. The second-order valence-corrected chi connectivity index (χ2v) is 17.3. The second kappa shape index (κ2) is 18.3. The maximum atomic E-state index is 14.2. The van der Waals surface area contributed by atoms with Crippen LogP contribution in [-0.4, -0.2) is 69.7 Å². The number of nitrogens with zero attached hydrogens (tertiary/aromatic N) is 2. The highest BCUT2D eigenvalue weighted by Gasteiger charge is 2.49. The Hall–Kier alpha value is -2.50. The molecule has 0 saturated heterocycles. The molecule has 50 heavy (non-hydrogen) atoms. The highest BCUT2D eigenvalue weighted by atomic mass is 79.9. The number of aliphatic hydroxyl groups is 1. The van der Waals surface area contributed by atoms with Gasteiger partial charge in [0.15, 0.2) is 14.9 Å². The van der Waals surface area contributed by atoms with Crippen molar-refractivity contribution in [1.29, 1.82) is 0 Å². The molecule has 0 amide bonds. The van der Waals surface area contributed by atoms with E-state index in [0.717, 1.165) is 65.9 Å². The van der Waals surface area contributed by atoms with Crippen molar-refractivity contribution in [1.82, 2.24) is 0 Å². The molecule has 0 aromatic heterocycles. The summed E-state index contributed by atoms with van der Waals surface area (Å²) in [4.78, 5) is 2.30. The Morgan fingerprint density at radius 2 is 1.52 bits per heavy atom. The molecule has 0 radical (unpaired) electrons. The van der Waals surface area contributed by atoms with Crippen LogP contribution in [0.2, 0.25) is 0 Å². The third-order valence-corrected chi connectivity index (χ3v) is 12.3. The van der Waals surface area contributed by atoms with Crippen LogP contribution in [0.4, 0.5) is 17.1 Å². The number of nitrogens with one attached hydrogen (secondary N) is 2. The van der Waals surface area contributed by atoms with E-state index in [0.29, 0.717) is 28.4 Å². The van der Waals surface area contributed by atoms with E-state index in [2.05, 4.69) is 69.8 Å². The summed E-state index contributed by atoms with van der Waals surface area (Å²) in [6.07, 6.45) is 6.45. The molecule has 1 aliphatic heterocycles. The zero-order chi connectivity index (χ0) is 35.8. The summed E-state index contributed by atoms with van der Waals surface area (Å²) < 4.78 is 29.3. The van der Waals surface area contributed by atoms with Crippen LogP contribution in [0.3, 0.4) is 0 Å². The van der Waals surface area contributed by atoms with Crippen LogP contribution >= 0.6 is 12.2 Å². The molecule has 1 heterocycles. The molecule has 10 heteroatoms. The van der Waals surface area contributed by atoms with Gasteiger partial charge < -0.3 is 42.1 Å². The van der Waals surface area contributed by atoms with Crippen LogP contribution in [0.25, 0.3) is 0 Å². The standard InChI is InChI=1S/C40H58N4O3S2.BrH/c1-8-11-23-40(24-12-9-2)29-49(46,47)36-22-21-34(43(4)5)27-35(36)37(38(40)45)31-15-14-16-33(26-31)42-39(48)41-32-19-17-30(18-20-32)28-44(6,7)25-13-10-3;/h14-22,26-27,37-38,45H,8-13,23-25,28-29H2,1-7H3,(H-,41,42,48);1H. The van der Waals surface area contributed by atoms with Crippen molar-refractivity contribution >= 4 is 44.2 Å². The normalized spacial score (nSPS) is 17.9. The zero-order valence-electron chi connectivity index (χ0n) is 31.1. The van der Waals surface area contributed by atoms with Crippen molar-refractivity contribution in [3.05, 3.63) is 83.4 Å². The van der Waals surface area contributed by atoms with E-state index in [1.807, 2.05) is 55.4 Å². The van der Waals surface area contributed by atoms with Gasteiger partial charge in [0.25, 0.3) is 0 Å². The number of halogens is 1. The van der Waals surface area contributed by atoms with E-state index >= 15 is 0 Å². The smallest absolute Gasteiger partial charge is 0.179 e. The Morgan fingerprint density at radius 1 is 0.900 bits per heavy atom. The summed E-state index contributed by atoms with van der Waals surface area (Å²) in [5.74, 6) is -0.580. The number of rotatable bonds is 15. The molecular weight excluding hydrogens is 729 g/mol. The molecule has 3 aromatic rings. The molecule has 1 aliphatic rings. The molecule has 2 unspecified atom stereocenters. The fourth-order valence-corrected chi connectivity index (χ4v) is 9.77. The Labute approximate surface area is 318 Å². The number of anilines is 3. The highest BCUT2D eigenvalue weighted by molar-refractivity contribution is 7.91. The van der Waals surface area contributed by atoms with Crippen LogP contribution < -0.4 is 32.5 Å². The van der Waals surface area contributed by atoms with Crippen LogP contribution in [0.15, 0.2) is 71.6 Å². The van der Waals surface area contributed by atoms with E-state index in [1.54, 1.807) is 6.07 Å². The van der Waals surface area contributed by atoms with Crippen LogP contribution in [0, 0.1) is 5.41 Å². The topological polar surface area (TPSA) is 81.7 Å². The number of fused-ring (bicyclic) bond motifs is 1. The number of hydrogen-bond donors (Lipinski definition) is 3. The van der Waals surface area contributed by atoms with Gasteiger partial charge in [-0.05, 0) is 85.1 Å². The van der Waals surface area contributed by atoms with Gasteiger partial charge in [-0.2, -0.15) is 0 Å². The van der Waals surface area contributed by atoms with E-state index in [4.69, 9.17) is 12.2 Å². The van der Waals surface area contributed by atoms with Gasteiger partial charge in [-0.25, -0.2) is 8.42 Å². The first-order chi connectivity index (χ1) is 23.2. The van der Waals surface area contributed by atoms with E-state index < -0.39 is 27.3 Å².